The maximum absolute atomic E-state index is 4.64. The molecule has 0 saturated carbocycles. The van der Waals surface area contributed by atoms with Gasteiger partial charge in [-0.15, -0.1) is 69.6 Å². The molecule has 0 spiro atoms. The van der Waals surface area contributed by atoms with Crippen LogP contribution in [-0.4, -0.2) is 38.3 Å². The van der Waals surface area contributed by atoms with Crippen LogP contribution in [0.4, 0.5) is 0 Å². The molecular formula is C6H18Cl6. The molecule has 0 nitrogen and oxygen atoms in total. The Balaban J connectivity index is -0.00000000900. The number of halogens is 6. The normalized spacial score (nSPS) is 3.00. The lowest BCUT2D eigenvalue weighted by atomic mass is 12.0. The van der Waals surface area contributed by atoms with Crippen LogP contribution >= 0.6 is 69.6 Å². The van der Waals surface area contributed by atoms with Gasteiger partial charge in [0.25, 0.3) is 0 Å². The standard InChI is InChI=1S/6CH3Cl/c6*1-2/h6*1H3. The first-order valence-electron chi connectivity index (χ1n) is 2.27. The van der Waals surface area contributed by atoms with Crippen molar-refractivity contribution in [2.75, 3.05) is 38.3 Å². The van der Waals surface area contributed by atoms with Gasteiger partial charge in [-0.2, -0.15) is 0 Å². The maximum atomic E-state index is 4.64. The summed E-state index contributed by atoms with van der Waals surface area (Å²) < 4.78 is 0. The Kier molecular flexibility index (Phi) is 1800. The molecule has 0 unspecified atom stereocenters. The van der Waals surface area contributed by atoms with E-state index in [2.05, 4.69) is 69.6 Å². The lowest BCUT2D eigenvalue weighted by molar-refractivity contribution is 2.46. The monoisotopic (exact) mass is 300 g/mol. The Morgan fingerprint density at radius 1 is 0.250 bits per heavy atom. The van der Waals surface area contributed by atoms with Crippen molar-refractivity contribution < 1.29 is 0 Å². The quantitative estimate of drug-likeness (QED) is 0.544. The van der Waals surface area contributed by atoms with Crippen molar-refractivity contribution in [3.63, 3.8) is 0 Å². The maximum Gasteiger partial charge on any atom is 0.0108 e. The second-order valence-electron chi connectivity index (χ2n) is 0. The van der Waals surface area contributed by atoms with E-state index in [-0.39, 0.29) is 0 Å². The van der Waals surface area contributed by atoms with E-state index in [0.29, 0.717) is 0 Å². The van der Waals surface area contributed by atoms with Crippen molar-refractivity contribution in [1.29, 1.82) is 0 Å². The van der Waals surface area contributed by atoms with E-state index in [9.17, 15) is 0 Å². The van der Waals surface area contributed by atoms with Gasteiger partial charge in [0.05, 0.1) is 0 Å². The molecule has 0 radical (unpaired) electrons. The minimum absolute atomic E-state index is 1.47. The average molecular weight is 303 g/mol. The highest BCUT2D eigenvalue weighted by Crippen LogP contribution is 1.35. The average Bonchev–Trinajstić information content (AvgIpc) is 2.33. The van der Waals surface area contributed by atoms with Gasteiger partial charge in [-0.1, -0.05) is 0 Å². The highest BCUT2D eigenvalue weighted by Gasteiger charge is 0.953. The zero-order valence-electron chi connectivity index (χ0n) is 8.27. The first-order valence-corrected chi connectivity index (χ1v) is 6.80. The summed E-state index contributed by atoms with van der Waals surface area (Å²) in [5.41, 5.74) is 0. The summed E-state index contributed by atoms with van der Waals surface area (Å²) in [4.78, 5) is 0. The molecule has 0 aromatic heterocycles. The molecule has 0 aromatic carbocycles. The van der Waals surface area contributed by atoms with Gasteiger partial charge < -0.3 is 0 Å². The third kappa shape index (κ3) is 447. The molecule has 6 heteroatoms. The zero-order valence-corrected chi connectivity index (χ0v) is 12.8. The molecule has 0 heterocycles. The Morgan fingerprint density at radius 3 is 0.250 bits per heavy atom. The fraction of sp³-hybridized carbons (Fsp3) is 1.00. The van der Waals surface area contributed by atoms with Gasteiger partial charge in [0.15, 0.2) is 0 Å². The highest BCUT2D eigenvalue weighted by molar-refractivity contribution is 6.16. The molecule has 0 aliphatic heterocycles. The Morgan fingerprint density at radius 2 is 0.250 bits per heavy atom. The molecular weight excluding hydrogens is 285 g/mol. The van der Waals surface area contributed by atoms with Gasteiger partial charge in [-0.25, -0.2) is 0 Å². The topological polar surface area (TPSA) is 0 Å². The summed E-state index contributed by atoms with van der Waals surface area (Å²) in [7, 11) is 0. The smallest absolute Gasteiger partial charge is 0.0108 e. The number of alkyl halides is 6. The molecule has 12 heavy (non-hydrogen) atoms. The van der Waals surface area contributed by atoms with E-state index in [4.69, 9.17) is 0 Å². The van der Waals surface area contributed by atoms with Gasteiger partial charge >= 0.3 is 0 Å². The van der Waals surface area contributed by atoms with Crippen LogP contribution in [0.25, 0.3) is 0 Å². The second-order valence-corrected chi connectivity index (χ2v) is 0. The fourth-order valence-electron chi connectivity index (χ4n) is 0. The second kappa shape index (κ2) is 580. The highest BCUT2D eigenvalue weighted by atomic mass is 35.5. The molecule has 84 valence electrons. The largest absolute Gasteiger partial charge is 0.130 e. The first-order chi connectivity index (χ1) is 6.00. The van der Waals surface area contributed by atoms with E-state index in [0.717, 1.165) is 0 Å². The molecule has 0 aliphatic carbocycles. The minimum Gasteiger partial charge on any atom is -0.130 e. The summed E-state index contributed by atoms with van der Waals surface area (Å²) in [6, 6.07) is 0. The predicted octanol–water partition coefficient (Wildman–Crippen LogP) is 5.13. The van der Waals surface area contributed by atoms with E-state index >= 15 is 0 Å². The molecule has 0 aromatic rings. The first kappa shape index (κ1) is 37.2. The van der Waals surface area contributed by atoms with Crippen LogP contribution in [0, 0.1) is 0 Å². The summed E-state index contributed by atoms with van der Waals surface area (Å²) in [6.07, 6.45) is 8.83. The van der Waals surface area contributed by atoms with Crippen molar-refractivity contribution >= 4 is 69.6 Å². The van der Waals surface area contributed by atoms with Crippen molar-refractivity contribution in [1.82, 2.24) is 0 Å². The Bertz CT molecular complexity index is 12.0. The Labute approximate surface area is 107 Å². The van der Waals surface area contributed by atoms with Crippen molar-refractivity contribution in [2.24, 2.45) is 0 Å². The van der Waals surface area contributed by atoms with E-state index in [1.807, 2.05) is 0 Å². The summed E-state index contributed by atoms with van der Waals surface area (Å²) in [5.74, 6) is 0. The Hall–Kier alpha value is 1.74. The van der Waals surface area contributed by atoms with Crippen LogP contribution in [0.2, 0.25) is 0 Å². The van der Waals surface area contributed by atoms with Gasteiger partial charge in [0.1, 0.15) is 0 Å². The molecule has 0 N–H and O–H groups in total. The molecule has 0 atom stereocenters. The molecule has 0 aliphatic rings. The molecule has 0 amide bonds. The third-order valence-corrected chi connectivity index (χ3v) is 0. The van der Waals surface area contributed by atoms with Crippen LogP contribution in [0.1, 0.15) is 0 Å². The predicted molar refractivity (Wildman–Crippen MR) is 70.7 cm³/mol. The number of hydrogen-bond donors (Lipinski definition) is 0. The lowest BCUT2D eigenvalue weighted by Gasteiger charge is -1.06. The molecule has 0 rings (SSSR count). The molecule has 0 bridgehead atoms. The summed E-state index contributed by atoms with van der Waals surface area (Å²) in [5, 5.41) is 0. The number of rotatable bonds is 0. The van der Waals surface area contributed by atoms with Gasteiger partial charge in [-0.3, -0.25) is 0 Å². The van der Waals surface area contributed by atoms with Crippen molar-refractivity contribution in [3.8, 4) is 0 Å². The van der Waals surface area contributed by atoms with Crippen LogP contribution < -0.4 is 0 Å². The van der Waals surface area contributed by atoms with Crippen molar-refractivity contribution in [3.05, 3.63) is 0 Å². The summed E-state index contributed by atoms with van der Waals surface area (Å²) >= 11 is 27.8. The van der Waals surface area contributed by atoms with Crippen LogP contribution in [0.3, 0.4) is 0 Å². The van der Waals surface area contributed by atoms with E-state index in [1.54, 1.807) is 0 Å². The fourth-order valence-corrected chi connectivity index (χ4v) is 0. The van der Waals surface area contributed by atoms with Crippen LogP contribution in [-0.2, 0) is 0 Å². The molecule has 0 saturated heterocycles. The van der Waals surface area contributed by atoms with Crippen molar-refractivity contribution in [2.45, 2.75) is 0 Å². The van der Waals surface area contributed by atoms with Gasteiger partial charge in [0, 0.05) is 38.3 Å². The van der Waals surface area contributed by atoms with Crippen LogP contribution in [0.15, 0.2) is 0 Å². The van der Waals surface area contributed by atoms with E-state index < -0.39 is 0 Å². The summed E-state index contributed by atoms with van der Waals surface area (Å²) in [6.45, 7) is 0. The number of hydrogen-bond acceptors (Lipinski definition) is 0. The SMILES string of the molecule is CCl.CCl.CCl.CCl.CCl.CCl. The molecule has 0 fully saturated rings. The van der Waals surface area contributed by atoms with Gasteiger partial charge in [-0.05, 0) is 0 Å². The van der Waals surface area contributed by atoms with Gasteiger partial charge in [0.2, 0.25) is 0 Å². The zero-order chi connectivity index (χ0) is 12.0. The lowest BCUT2D eigenvalue weighted by Crippen LogP contribution is -0.852. The van der Waals surface area contributed by atoms with Crippen LogP contribution in [0.5, 0.6) is 0 Å². The third-order valence-electron chi connectivity index (χ3n) is 0. The van der Waals surface area contributed by atoms with E-state index in [1.165, 1.54) is 38.3 Å². The minimum atomic E-state index is 1.47.